The van der Waals surface area contributed by atoms with Crippen molar-refractivity contribution in [3.05, 3.63) is 42.0 Å². The maximum atomic E-state index is 12.8. The number of hydrogen-bond donors (Lipinski definition) is 0. The Balaban J connectivity index is 1.65. The molecule has 0 spiro atoms. The number of likely N-dealkylation sites (N-methyl/N-ethyl adjacent to an activating group) is 1. The van der Waals surface area contributed by atoms with Crippen molar-refractivity contribution in [1.29, 1.82) is 0 Å². The number of carbonyl (C=O) groups excluding carboxylic acids is 2. The highest BCUT2D eigenvalue weighted by molar-refractivity contribution is 5.88. The van der Waals surface area contributed by atoms with Crippen LogP contribution in [-0.4, -0.2) is 55.4 Å². The van der Waals surface area contributed by atoms with Crippen LogP contribution in [0.3, 0.4) is 0 Å². The molecule has 27 heavy (non-hydrogen) atoms. The standard InChI is InChI=1S/C22H28N2O3/c1-16(17-7-8-19-15-20(27-3)10-9-18(19)14-17)22(26)23(2)12-13-24-11-5-4-6-21(24)25/h7-10,14-16H,4-6,11-13H2,1-3H3/t16-/m0/s1. The average molecular weight is 368 g/mol. The third kappa shape index (κ3) is 4.41. The van der Waals surface area contributed by atoms with Gasteiger partial charge in [0.15, 0.2) is 0 Å². The van der Waals surface area contributed by atoms with E-state index >= 15 is 0 Å². The van der Waals surface area contributed by atoms with Crippen molar-refractivity contribution < 1.29 is 14.3 Å². The number of fused-ring (bicyclic) bond motifs is 1. The van der Waals surface area contributed by atoms with E-state index < -0.39 is 0 Å². The Kier molecular flexibility index (Phi) is 5.99. The number of nitrogens with zero attached hydrogens (tertiary/aromatic N) is 2. The molecule has 3 rings (SSSR count). The molecule has 0 aromatic heterocycles. The van der Waals surface area contributed by atoms with Crippen LogP contribution in [0.25, 0.3) is 10.8 Å². The lowest BCUT2D eigenvalue weighted by Gasteiger charge is -2.29. The van der Waals surface area contributed by atoms with Gasteiger partial charge in [0.2, 0.25) is 11.8 Å². The molecule has 2 aromatic carbocycles. The second-order valence-corrected chi connectivity index (χ2v) is 7.29. The first-order valence-corrected chi connectivity index (χ1v) is 9.60. The van der Waals surface area contributed by atoms with Crippen molar-refractivity contribution in [2.45, 2.75) is 32.1 Å². The topological polar surface area (TPSA) is 49.9 Å². The van der Waals surface area contributed by atoms with E-state index in [4.69, 9.17) is 4.74 Å². The molecule has 2 amide bonds. The molecule has 2 aromatic rings. The fourth-order valence-electron chi connectivity index (χ4n) is 3.59. The van der Waals surface area contributed by atoms with Crippen LogP contribution in [0.1, 0.15) is 37.7 Å². The second-order valence-electron chi connectivity index (χ2n) is 7.29. The molecule has 0 N–H and O–H groups in total. The van der Waals surface area contributed by atoms with Crippen molar-refractivity contribution in [2.75, 3.05) is 33.8 Å². The quantitative estimate of drug-likeness (QED) is 0.785. The monoisotopic (exact) mass is 368 g/mol. The maximum Gasteiger partial charge on any atom is 0.229 e. The van der Waals surface area contributed by atoms with Crippen molar-refractivity contribution in [3.8, 4) is 5.75 Å². The van der Waals surface area contributed by atoms with Gasteiger partial charge in [-0.3, -0.25) is 9.59 Å². The molecular weight excluding hydrogens is 340 g/mol. The predicted molar refractivity (Wildman–Crippen MR) is 107 cm³/mol. The second kappa shape index (κ2) is 8.42. The van der Waals surface area contributed by atoms with Gasteiger partial charge in [0.1, 0.15) is 5.75 Å². The zero-order valence-electron chi connectivity index (χ0n) is 16.4. The number of rotatable bonds is 6. The number of benzene rings is 2. The van der Waals surface area contributed by atoms with E-state index in [0.29, 0.717) is 19.5 Å². The third-order valence-electron chi connectivity index (χ3n) is 5.44. The smallest absolute Gasteiger partial charge is 0.229 e. The normalized spacial score (nSPS) is 15.7. The summed E-state index contributed by atoms with van der Waals surface area (Å²) in [6.07, 6.45) is 2.67. The molecular formula is C22H28N2O3. The van der Waals surface area contributed by atoms with Crippen LogP contribution in [0, 0.1) is 0 Å². The summed E-state index contributed by atoms with van der Waals surface area (Å²) >= 11 is 0. The van der Waals surface area contributed by atoms with E-state index in [-0.39, 0.29) is 17.7 Å². The fourth-order valence-corrected chi connectivity index (χ4v) is 3.59. The third-order valence-corrected chi connectivity index (χ3v) is 5.44. The molecule has 1 aliphatic heterocycles. The van der Waals surface area contributed by atoms with Crippen molar-refractivity contribution in [2.24, 2.45) is 0 Å². The number of amides is 2. The summed E-state index contributed by atoms with van der Waals surface area (Å²) in [5.74, 6) is 0.886. The highest BCUT2D eigenvalue weighted by Gasteiger charge is 2.22. The van der Waals surface area contributed by atoms with Crippen LogP contribution in [0.2, 0.25) is 0 Å². The zero-order valence-corrected chi connectivity index (χ0v) is 16.4. The minimum Gasteiger partial charge on any atom is -0.497 e. The van der Waals surface area contributed by atoms with E-state index in [1.807, 2.05) is 49.2 Å². The van der Waals surface area contributed by atoms with E-state index in [1.54, 1.807) is 12.0 Å². The molecule has 5 nitrogen and oxygen atoms in total. The molecule has 1 heterocycles. The maximum absolute atomic E-state index is 12.8. The summed E-state index contributed by atoms with van der Waals surface area (Å²) in [7, 11) is 3.47. The summed E-state index contributed by atoms with van der Waals surface area (Å²) in [5, 5.41) is 2.18. The molecule has 5 heteroatoms. The summed E-state index contributed by atoms with van der Waals surface area (Å²) in [4.78, 5) is 28.4. The zero-order chi connectivity index (χ0) is 19.4. The number of piperidine rings is 1. The van der Waals surface area contributed by atoms with E-state index in [2.05, 4.69) is 6.07 Å². The molecule has 1 saturated heterocycles. The highest BCUT2D eigenvalue weighted by Crippen LogP contribution is 2.26. The van der Waals surface area contributed by atoms with Crippen molar-refractivity contribution in [1.82, 2.24) is 9.80 Å². The van der Waals surface area contributed by atoms with E-state index in [1.165, 1.54) is 0 Å². The van der Waals surface area contributed by atoms with Gasteiger partial charge in [0.05, 0.1) is 13.0 Å². The Bertz CT molecular complexity index is 833. The first kappa shape index (κ1) is 19.2. The Morgan fingerprint density at radius 1 is 1.19 bits per heavy atom. The average Bonchev–Trinajstić information content (AvgIpc) is 2.71. The number of methoxy groups -OCH3 is 1. The number of hydrogen-bond acceptors (Lipinski definition) is 3. The molecule has 0 radical (unpaired) electrons. The van der Waals surface area contributed by atoms with E-state index in [0.717, 1.165) is 41.5 Å². The van der Waals surface area contributed by atoms with Crippen LogP contribution in [0.4, 0.5) is 0 Å². The van der Waals surface area contributed by atoms with Gasteiger partial charge >= 0.3 is 0 Å². The minimum atomic E-state index is -0.224. The SMILES string of the molecule is COc1ccc2cc([C@H](C)C(=O)N(C)CCN3CCCCC3=O)ccc2c1. The summed E-state index contributed by atoms with van der Waals surface area (Å²) in [6.45, 7) is 3.94. The molecule has 0 bridgehead atoms. The first-order valence-electron chi connectivity index (χ1n) is 9.60. The molecule has 0 saturated carbocycles. The fraction of sp³-hybridized carbons (Fsp3) is 0.455. The Labute approximate surface area is 160 Å². The lowest BCUT2D eigenvalue weighted by Crippen LogP contribution is -2.42. The van der Waals surface area contributed by atoms with Crippen LogP contribution >= 0.6 is 0 Å². The van der Waals surface area contributed by atoms with Gasteiger partial charge in [-0.25, -0.2) is 0 Å². The van der Waals surface area contributed by atoms with Gasteiger partial charge in [-0.05, 0) is 48.2 Å². The van der Waals surface area contributed by atoms with Gasteiger partial charge in [0, 0.05) is 33.1 Å². The van der Waals surface area contributed by atoms with Gasteiger partial charge in [0.25, 0.3) is 0 Å². The van der Waals surface area contributed by atoms with Crippen LogP contribution in [0.15, 0.2) is 36.4 Å². The first-order chi connectivity index (χ1) is 13.0. The lowest BCUT2D eigenvalue weighted by atomic mass is 9.96. The summed E-state index contributed by atoms with van der Waals surface area (Å²) < 4.78 is 5.27. The Morgan fingerprint density at radius 2 is 1.93 bits per heavy atom. The Morgan fingerprint density at radius 3 is 2.67 bits per heavy atom. The molecule has 0 unspecified atom stereocenters. The largest absolute Gasteiger partial charge is 0.497 e. The van der Waals surface area contributed by atoms with Gasteiger partial charge < -0.3 is 14.5 Å². The molecule has 1 atom stereocenters. The van der Waals surface area contributed by atoms with Gasteiger partial charge in [-0.2, -0.15) is 0 Å². The molecule has 1 aliphatic rings. The molecule has 144 valence electrons. The van der Waals surface area contributed by atoms with Crippen LogP contribution in [0.5, 0.6) is 5.75 Å². The van der Waals surface area contributed by atoms with E-state index in [9.17, 15) is 9.59 Å². The van der Waals surface area contributed by atoms with Crippen LogP contribution < -0.4 is 4.74 Å². The number of likely N-dealkylation sites (tertiary alicyclic amines) is 1. The predicted octanol–water partition coefficient (Wildman–Crippen LogP) is 3.42. The summed E-state index contributed by atoms with van der Waals surface area (Å²) in [6, 6.07) is 12.0. The Hall–Kier alpha value is -2.56. The lowest BCUT2D eigenvalue weighted by molar-refractivity contribution is -0.136. The highest BCUT2D eigenvalue weighted by atomic mass is 16.5. The van der Waals surface area contributed by atoms with Gasteiger partial charge in [-0.15, -0.1) is 0 Å². The number of ether oxygens (including phenoxy) is 1. The number of carbonyl (C=O) groups is 2. The van der Waals surface area contributed by atoms with Crippen molar-refractivity contribution >= 4 is 22.6 Å². The van der Waals surface area contributed by atoms with Gasteiger partial charge in [-0.1, -0.05) is 24.3 Å². The molecule has 0 aliphatic carbocycles. The van der Waals surface area contributed by atoms with Crippen molar-refractivity contribution in [3.63, 3.8) is 0 Å². The molecule has 1 fully saturated rings. The van der Waals surface area contributed by atoms with Crippen LogP contribution in [-0.2, 0) is 9.59 Å². The summed E-state index contributed by atoms with van der Waals surface area (Å²) in [5.41, 5.74) is 0.999. The minimum absolute atomic E-state index is 0.0762.